The van der Waals surface area contributed by atoms with E-state index in [4.69, 9.17) is 4.74 Å². The van der Waals surface area contributed by atoms with Gasteiger partial charge in [0.15, 0.2) is 0 Å². The fraction of sp³-hybridized carbons (Fsp3) is 0.533. The van der Waals surface area contributed by atoms with Gasteiger partial charge in [0.05, 0.1) is 12.7 Å². The summed E-state index contributed by atoms with van der Waals surface area (Å²) in [6.07, 6.45) is 2.19. The highest BCUT2D eigenvalue weighted by Crippen LogP contribution is 2.27. The van der Waals surface area contributed by atoms with Crippen molar-refractivity contribution in [2.24, 2.45) is 5.41 Å². The Morgan fingerprint density at radius 1 is 1.37 bits per heavy atom. The molecular formula is C15H22N2O2. The average molecular weight is 262 g/mol. The molecule has 0 aromatic heterocycles. The number of para-hydroxylation sites is 1. The lowest BCUT2D eigenvalue weighted by Gasteiger charge is -2.34. The minimum atomic E-state index is -0.0581. The highest BCUT2D eigenvalue weighted by atomic mass is 16.5. The minimum Gasteiger partial charge on any atom is -0.496 e. The SMILES string of the molecule is COc1ccccc1C(=O)NCC1(C)CCNCC1. The van der Waals surface area contributed by atoms with Crippen LogP contribution in [-0.4, -0.2) is 32.7 Å². The molecule has 0 aliphatic carbocycles. The first-order valence-electron chi connectivity index (χ1n) is 6.77. The molecule has 0 unspecified atom stereocenters. The molecule has 1 aliphatic heterocycles. The van der Waals surface area contributed by atoms with E-state index >= 15 is 0 Å². The van der Waals surface area contributed by atoms with E-state index in [1.807, 2.05) is 12.1 Å². The maximum absolute atomic E-state index is 12.2. The van der Waals surface area contributed by atoms with Crippen molar-refractivity contribution in [3.8, 4) is 5.75 Å². The van der Waals surface area contributed by atoms with E-state index < -0.39 is 0 Å². The first-order valence-corrected chi connectivity index (χ1v) is 6.77. The van der Waals surface area contributed by atoms with E-state index in [0.717, 1.165) is 25.9 Å². The van der Waals surface area contributed by atoms with Gasteiger partial charge in [0, 0.05) is 6.54 Å². The van der Waals surface area contributed by atoms with Crippen LogP contribution in [0, 0.1) is 5.41 Å². The Hall–Kier alpha value is -1.55. The number of methoxy groups -OCH3 is 1. The number of benzene rings is 1. The lowest BCUT2D eigenvalue weighted by molar-refractivity contribution is 0.0919. The highest BCUT2D eigenvalue weighted by Gasteiger charge is 2.27. The van der Waals surface area contributed by atoms with Crippen LogP contribution in [0.2, 0.25) is 0 Å². The van der Waals surface area contributed by atoms with Gasteiger partial charge in [0.2, 0.25) is 0 Å². The van der Waals surface area contributed by atoms with Crippen LogP contribution < -0.4 is 15.4 Å². The van der Waals surface area contributed by atoms with Crippen LogP contribution in [0.4, 0.5) is 0 Å². The second-order valence-corrected chi connectivity index (χ2v) is 5.44. The Bertz CT molecular complexity index is 440. The summed E-state index contributed by atoms with van der Waals surface area (Å²) in [6.45, 7) is 5.00. The molecule has 0 bridgehead atoms. The van der Waals surface area contributed by atoms with Gasteiger partial charge in [0.25, 0.3) is 5.91 Å². The Balaban J connectivity index is 1.97. The Kier molecular flexibility index (Phi) is 4.43. The number of ether oxygens (including phenoxy) is 1. The van der Waals surface area contributed by atoms with Crippen LogP contribution in [0.15, 0.2) is 24.3 Å². The summed E-state index contributed by atoms with van der Waals surface area (Å²) in [4.78, 5) is 12.2. The summed E-state index contributed by atoms with van der Waals surface area (Å²) in [5, 5.41) is 6.38. The van der Waals surface area contributed by atoms with Crippen molar-refractivity contribution in [1.29, 1.82) is 0 Å². The molecule has 4 heteroatoms. The third-order valence-corrected chi connectivity index (χ3v) is 3.84. The Labute approximate surface area is 114 Å². The summed E-state index contributed by atoms with van der Waals surface area (Å²) in [6, 6.07) is 7.31. The van der Waals surface area contributed by atoms with E-state index in [0.29, 0.717) is 17.9 Å². The highest BCUT2D eigenvalue weighted by molar-refractivity contribution is 5.96. The van der Waals surface area contributed by atoms with Gasteiger partial charge < -0.3 is 15.4 Å². The van der Waals surface area contributed by atoms with Crippen molar-refractivity contribution in [2.45, 2.75) is 19.8 Å². The second-order valence-electron chi connectivity index (χ2n) is 5.44. The number of carbonyl (C=O) groups is 1. The predicted molar refractivity (Wildman–Crippen MR) is 75.5 cm³/mol. The maximum atomic E-state index is 12.2. The van der Waals surface area contributed by atoms with Crippen LogP contribution in [0.1, 0.15) is 30.1 Å². The zero-order chi connectivity index (χ0) is 13.7. The van der Waals surface area contributed by atoms with Crippen molar-refractivity contribution >= 4 is 5.91 Å². The molecule has 0 saturated carbocycles. The molecule has 0 atom stereocenters. The number of hydrogen-bond donors (Lipinski definition) is 2. The molecule has 19 heavy (non-hydrogen) atoms. The van der Waals surface area contributed by atoms with Gasteiger partial charge in [-0.15, -0.1) is 0 Å². The van der Waals surface area contributed by atoms with Gasteiger partial charge in [-0.05, 0) is 43.5 Å². The quantitative estimate of drug-likeness (QED) is 0.870. The largest absolute Gasteiger partial charge is 0.496 e. The van der Waals surface area contributed by atoms with E-state index in [1.165, 1.54) is 0 Å². The number of piperidine rings is 1. The number of rotatable bonds is 4. The van der Waals surface area contributed by atoms with E-state index in [2.05, 4.69) is 17.6 Å². The predicted octanol–water partition coefficient (Wildman–Crippen LogP) is 1.81. The lowest BCUT2D eigenvalue weighted by Crippen LogP contribution is -2.42. The minimum absolute atomic E-state index is 0.0581. The zero-order valence-corrected chi connectivity index (χ0v) is 11.7. The van der Waals surface area contributed by atoms with Crippen LogP contribution in [-0.2, 0) is 0 Å². The van der Waals surface area contributed by atoms with Gasteiger partial charge in [-0.2, -0.15) is 0 Å². The molecule has 1 saturated heterocycles. The summed E-state index contributed by atoms with van der Waals surface area (Å²) >= 11 is 0. The first kappa shape index (κ1) is 13.9. The summed E-state index contributed by atoms with van der Waals surface area (Å²) < 4.78 is 5.21. The second kappa shape index (κ2) is 6.06. The maximum Gasteiger partial charge on any atom is 0.255 e. The summed E-state index contributed by atoms with van der Waals surface area (Å²) in [5.74, 6) is 0.563. The van der Waals surface area contributed by atoms with E-state index in [-0.39, 0.29) is 11.3 Å². The zero-order valence-electron chi connectivity index (χ0n) is 11.7. The fourth-order valence-corrected chi connectivity index (χ4v) is 2.43. The molecule has 104 valence electrons. The molecule has 4 nitrogen and oxygen atoms in total. The molecule has 1 aromatic rings. The van der Waals surface area contributed by atoms with Crippen LogP contribution >= 0.6 is 0 Å². The Morgan fingerprint density at radius 2 is 2.05 bits per heavy atom. The molecule has 1 aromatic carbocycles. The van der Waals surface area contributed by atoms with Crippen LogP contribution in [0.3, 0.4) is 0 Å². The number of carbonyl (C=O) groups excluding carboxylic acids is 1. The van der Waals surface area contributed by atoms with Gasteiger partial charge in [-0.1, -0.05) is 19.1 Å². The monoisotopic (exact) mass is 262 g/mol. The summed E-state index contributed by atoms with van der Waals surface area (Å²) in [5.41, 5.74) is 0.797. The van der Waals surface area contributed by atoms with Crippen molar-refractivity contribution in [2.75, 3.05) is 26.7 Å². The van der Waals surface area contributed by atoms with E-state index in [1.54, 1.807) is 19.2 Å². The molecule has 2 N–H and O–H groups in total. The lowest BCUT2D eigenvalue weighted by atomic mass is 9.81. The third kappa shape index (κ3) is 3.47. The topological polar surface area (TPSA) is 50.4 Å². The van der Waals surface area contributed by atoms with Gasteiger partial charge in [-0.3, -0.25) is 4.79 Å². The standard InChI is InChI=1S/C15H22N2O2/c1-15(7-9-16-10-8-15)11-17-14(18)12-5-3-4-6-13(12)19-2/h3-6,16H,7-11H2,1-2H3,(H,17,18). The molecule has 2 rings (SSSR count). The van der Waals surface area contributed by atoms with Crippen LogP contribution in [0.25, 0.3) is 0 Å². The Morgan fingerprint density at radius 3 is 2.74 bits per heavy atom. The molecule has 1 fully saturated rings. The summed E-state index contributed by atoms with van der Waals surface area (Å²) in [7, 11) is 1.58. The van der Waals surface area contributed by atoms with Crippen LogP contribution in [0.5, 0.6) is 5.75 Å². The van der Waals surface area contributed by atoms with Gasteiger partial charge in [0.1, 0.15) is 5.75 Å². The van der Waals surface area contributed by atoms with E-state index in [9.17, 15) is 4.79 Å². The molecule has 0 radical (unpaired) electrons. The third-order valence-electron chi connectivity index (χ3n) is 3.84. The van der Waals surface area contributed by atoms with Crippen molar-refractivity contribution in [3.05, 3.63) is 29.8 Å². The molecule has 0 spiro atoms. The average Bonchev–Trinajstić information content (AvgIpc) is 2.45. The van der Waals surface area contributed by atoms with Gasteiger partial charge in [-0.25, -0.2) is 0 Å². The number of nitrogens with one attached hydrogen (secondary N) is 2. The molecule has 1 aliphatic rings. The van der Waals surface area contributed by atoms with Crippen molar-refractivity contribution < 1.29 is 9.53 Å². The molecule has 1 heterocycles. The normalized spacial score (nSPS) is 17.8. The van der Waals surface area contributed by atoms with Crippen molar-refractivity contribution in [1.82, 2.24) is 10.6 Å². The number of hydrogen-bond acceptors (Lipinski definition) is 3. The molecule has 1 amide bonds. The first-order chi connectivity index (χ1) is 9.14. The fourth-order valence-electron chi connectivity index (χ4n) is 2.43. The molecular weight excluding hydrogens is 240 g/mol. The van der Waals surface area contributed by atoms with Gasteiger partial charge >= 0.3 is 0 Å². The van der Waals surface area contributed by atoms with Crippen molar-refractivity contribution in [3.63, 3.8) is 0 Å². The number of amides is 1. The smallest absolute Gasteiger partial charge is 0.255 e.